The van der Waals surface area contributed by atoms with Crippen LogP contribution in [0.4, 0.5) is 11.4 Å². The molecule has 0 spiro atoms. The summed E-state index contributed by atoms with van der Waals surface area (Å²) in [5.74, 6) is -0.853. The number of sulfonamides is 1. The van der Waals surface area contributed by atoms with Gasteiger partial charge in [-0.15, -0.1) is 0 Å². The molecule has 31 heavy (non-hydrogen) atoms. The van der Waals surface area contributed by atoms with Crippen LogP contribution in [-0.2, 0) is 20.6 Å². The minimum absolute atomic E-state index is 0.0685. The Morgan fingerprint density at radius 3 is 2.48 bits per heavy atom. The summed E-state index contributed by atoms with van der Waals surface area (Å²) >= 11 is 11.8. The summed E-state index contributed by atoms with van der Waals surface area (Å²) in [6, 6.07) is 9.20. The van der Waals surface area contributed by atoms with Crippen LogP contribution >= 0.6 is 23.2 Å². The van der Waals surface area contributed by atoms with Crippen LogP contribution in [0.15, 0.2) is 36.4 Å². The predicted octanol–water partition coefficient (Wildman–Crippen LogP) is 4.39. The van der Waals surface area contributed by atoms with Crippen molar-refractivity contribution in [3.8, 4) is 0 Å². The Morgan fingerprint density at radius 1 is 1.19 bits per heavy atom. The molecule has 166 valence electrons. The third-order valence-electron chi connectivity index (χ3n) is 5.31. The lowest BCUT2D eigenvalue weighted by Crippen LogP contribution is -2.41. The van der Waals surface area contributed by atoms with Gasteiger partial charge < -0.3 is 5.32 Å². The first kappa shape index (κ1) is 23.5. The average molecular weight is 486 g/mol. The summed E-state index contributed by atoms with van der Waals surface area (Å²) in [5.41, 5.74) is 1.23. The van der Waals surface area contributed by atoms with Crippen LogP contribution in [-0.4, -0.2) is 36.6 Å². The third-order valence-corrected chi connectivity index (χ3v) is 7.90. The number of anilines is 1. The number of piperidine rings is 1. The molecule has 1 amide bonds. The molecule has 0 atom stereocenters. The number of amides is 1. The zero-order valence-corrected chi connectivity index (χ0v) is 19.0. The first-order chi connectivity index (χ1) is 14.6. The standard InChI is InChI=1S/C20H21Cl2N3O5S/c1-13-18(3-2-4-19(13)25(27)28)23-20(26)15-7-9-24(10-8-15)31(29,30)12-14-5-6-16(21)17(22)11-14/h2-6,11,15H,7-10,12H2,1H3,(H,23,26). The van der Waals surface area contributed by atoms with Crippen molar-refractivity contribution < 1.29 is 18.1 Å². The second-order valence-corrected chi connectivity index (χ2v) is 10.2. The van der Waals surface area contributed by atoms with Crippen LogP contribution in [0.25, 0.3) is 0 Å². The van der Waals surface area contributed by atoms with E-state index in [0.29, 0.717) is 39.7 Å². The van der Waals surface area contributed by atoms with Gasteiger partial charge in [0.15, 0.2) is 0 Å². The van der Waals surface area contributed by atoms with E-state index in [1.807, 2.05) is 0 Å². The van der Waals surface area contributed by atoms with E-state index in [4.69, 9.17) is 23.2 Å². The number of benzene rings is 2. The normalized spacial score (nSPS) is 15.6. The average Bonchev–Trinajstić information content (AvgIpc) is 2.72. The number of rotatable bonds is 6. The highest BCUT2D eigenvalue weighted by Crippen LogP contribution is 2.28. The molecule has 1 N–H and O–H groups in total. The van der Waals surface area contributed by atoms with Crippen LogP contribution in [0.2, 0.25) is 10.0 Å². The van der Waals surface area contributed by atoms with E-state index >= 15 is 0 Å². The molecule has 1 fully saturated rings. The van der Waals surface area contributed by atoms with Gasteiger partial charge in [-0.3, -0.25) is 14.9 Å². The first-order valence-electron chi connectivity index (χ1n) is 9.55. The van der Waals surface area contributed by atoms with Crippen molar-refractivity contribution in [3.63, 3.8) is 0 Å². The van der Waals surface area contributed by atoms with Crippen molar-refractivity contribution in [2.24, 2.45) is 5.92 Å². The summed E-state index contributed by atoms with van der Waals surface area (Å²) in [4.78, 5) is 23.2. The van der Waals surface area contributed by atoms with E-state index in [9.17, 15) is 23.3 Å². The predicted molar refractivity (Wildman–Crippen MR) is 120 cm³/mol. The fourth-order valence-corrected chi connectivity index (χ4v) is 5.39. The molecule has 11 heteroatoms. The molecule has 0 saturated carbocycles. The molecule has 1 heterocycles. The molecule has 1 saturated heterocycles. The molecular weight excluding hydrogens is 465 g/mol. The van der Waals surface area contributed by atoms with Gasteiger partial charge in [0.2, 0.25) is 15.9 Å². The second-order valence-electron chi connectivity index (χ2n) is 7.37. The van der Waals surface area contributed by atoms with Crippen LogP contribution < -0.4 is 5.32 Å². The molecule has 8 nitrogen and oxygen atoms in total. The van der Waals surface area contributed by atoms with E-state index in [2.05, 4.69) is 5.32 Å². The van der Waals surface area contributed by atoms with Gasteiger partial charge in [-0.25, -0.2) is 12.7 Å². The lowest BCUT2D eigenvalue weighted by atomic mass is 9.97. The molecule has 1 aliphatic heterocycles. The molecular formula is C20H21Cl2N3O5S. The number of hydrogen-bond acceptors (Lipinski definition) is 5. The van der Waals surface area contributed by atoms with Crippen LogP contribution in [0.5, 0.6) is 0 Å². The van der Waals surface area contributed by atoms with Crippen molar-refractivity contribution in [1.82, 2.24) is 4.31 Å². The number of nitro groups is 1. The maximum atomic E-state index is 12.8. The lowest BCUT2D eigenvalue weighted by molar-refractivity contribution is -0.385. The monoisotopic (exact) mass is 485 g/mol. The van der Waals surface area contributed by atoms with Crippen LogP contribution in [0, 0.1) is 23.0 Å². The Kier molecular flexibility index (Phi) is 7.20. The molecule has 0 radical (unpaired) electrons. The number of nitro benzene ring substituents is 1. The van der Waals surface area contributed by atoms with E-state index in [0.717, 1.165) is 0 Å². The van der Waals surface area contributed by atoms with Crippen LogP contribution in [0.1, 0.15) is 24.0 Å². The minimum Gasteiger partial charge on any atom is -0.325 e. The highest BCUT2D eigenvalue weighted by atomic mass is 35.5. The maximum absolute atomic E-state index is 12.8. The quantitative estimate of drug-likeness (QED) is 0.481. The summed E-state index contributed by atoms with van der Waals surface area (Å²) in [5, 5.41) is 14.5. The Balaban J connectivity index is 1.61. The molecule has 1 aliphatic rings. The van der Waals surface area contributed by atoms with E-state index in [-0.39, 0.29) is 36.4 Å². The van der Waals surface area contributed by atoms with Gasteiger partial charge in [0.25, 0.3) is 5.69 Å². The SMILES string of the molecule is Cc1c(NC(=O)C2CCN(S(=O)(=O)Cc3ccc(Cl)c(Cl)c3)CC2)cccc1[N+](=O)[O-]. The summed E-state index contributed by atoms with van der Waals surface area (Å²) in [7, 11) is -3.57. The molecule has 3 rings (SSSR count). The molecule has 2 aromatic rings. The molecule has 0 unspecified atom stereocenters. The highest BCUT2D eigenvalue weighted by molar-refractivity contribution is 7.88. The van der Waals surface area contributed by atoms with E-state index in [1.165, 1.54) is 22.5 Å². The van der Waals surface area contributed by atoms with Crippen molar-refractivity contribution >= 4 is 50.5 Å². The number of carbonyl (C=O) groups is 1. The lowest BCUT2D eigenvalue weighted by Gasteiger charge is -2.30. The number of nitrogens with one attached hydrogen (secondary N) is 1. The fourth-order valence-electron chi connectivity index (χ4n) is 3.52. The smallest absolute Gasteiger partial charge is 0.274 e. The summed E-state index contributed by atoms with van der Waals surface area (Å²) in [6.45, 7) is 2.01. The Bertz CT molecular complexity index is 1120. The number of carbonyl (C=O) groups excluding carboxylic acids is 1. The summed E-state index contributed by atoms with van der Waals surface area (Å²) in [6.07, 6.45) is 0.723. The topological polar surface area (TPSA) is 110 Å². The van der Waals surface area contributed by atoms with Gasteiger partial charge in [-0.2, -0.15) is 0 Å². The number of hydrogen-bond donors (Lipinski definition) is 1. The van der Waals surface area contributed by atoms with Crippen molar-refractivity contribution in [1.29, 1.82) is 0 Å². The number of halogens is 2. The highest BCUT2D eigenvalue weighted by Gasteiger charge is 2.31. The second kappa shape index (κ2) is 9.52. The number of nitrogens with zero attached hydrogens (tertiary/aromatic N) is 2. The third kappa shape index (κ3) is 5.54. The molecule has 0 bridgehead atoms. The molecule has 2 aromatic carbocycles. The minimum atomic E-state index is -3.57. The Morgan fingerprint density at radius 2 is 1.87 bits per heavy atom. The Labute approximate surface area is 190 Å². The largest absolute Gasteiger partial charge is 0.325 e. The molecule has 0 aliphatic carbocycles. The van der Waals surface area contributed by atoms with Gasteiger partial charge in [0.1, 0.15) is 0 Å². The van der Waals surface area contributed by atoms with Crippen LogP contribution in [0.3, 0.4) is 0 Å². The fraction of sp³-hybridized carbons (Fsp3) is 0.350. The van der Waals surface area contributed by atoms with Gasteiger partial charge in [-0.05, 0) is 43.5 Å². The van der Waals surface area contributed by atoms with Gasteiger partial charge in [0.05, 0.1) is 32.0 Å². The zero-order chi connectivity index (χ0) is 22.8. The van der Waals surface area contributed by atoms with Crippen molar-refractivity contribution in [3.05, 3.63) is 67.7 Å². The van der Waals surface area contributed by atoms with E-state index in [1.54, 1.807) is 25.1 Å². The van der Waals surface area contributed by atoms with E-state index < -0.39 is 14.9 Å². The van der Waals surface area contributed by atoms with Gasteiger partial charge in [-0.1, -0.05) is 35.3 Å². The van der Waals surface area contributed by atoms with Crippen molar-refractivity contribution in [2.75, 3.05) is 18.4 Å². The van der Waals surface area contributed by atoms with Gasteiger partial charge in [0, 0.05) is 25.1 Å². The molecule has 0 aromatic heterocycles. The Hall–Kier alpha value is -2.20. The maximum Gasteiger partial charge on any atom is 0.274 e. The summed E-state index contributed by atoms with van der Waals surface area (Å²) < 4.78 is 26.9. The van der Waals surface area contributed by atoms with Crippen molar-refractivity contribution in [2.45, 2.75) is 25.5 Å². The zero-order valence-electron chi connectivity index (χ0n) is 16.7. The van der Waals surface area contributed by atoms with Gasteiger partial charge >= 0.3 is 0 Å². The first-order valence-corrected chi connectivity index (χ1v) is 11.9.